The second-order valence-electron chi connectivity index (χ2n) is 39.8. The molecule has 0 aliphatic rings. The Morgan fingerprint density at radius 2 is 0.420 bits per heavy atom. The van der Waals surface area contributed by atoms with Gasteiger partial charge in [0.25, 0.3) is 0 Å². The third-order valence-corrected chi connectivity index (χ3v) is 24.8. The van der Waals surface area contributed by atoms with Crippen molar-refractivity contribution >= 4 is 29.7 Å². The maximum atomic E-state index is 11.9. The van der Waals surface area contributed by atoms with Gasteiger partial charge in [0.15, 0.2) is 0 Å². The van der Waals surface area contributed by atoms with Crippen molar-refractivity contribution in [2.24, 2.45) is 29.6 Å². The summed E-state index contributed by atoms with van der Waals surface area (Å²) in [4.78, 5) is 59.0. The molecule has 5 atom stereocenters. The summed E-state index contributed by atoms with van der Waals surface area (Å²) >= 11 is 0. The normalized spacial score (nSPS) is 12.8. The van der Waals surface area contributed by atoms with E-state index in [4.69, 9.17) is 4.74 Å². The lowest BCUT2D eigenvalue weighted by atomic mass is 10.0. The highest BCUT2D eigenvalue weighted by molar-refractivity contribution is 5.77. The second kappa shape index (κ2) is 113. The van der Waals surface area contributed by atoms with Crippen LogP contribution >= 0.6 is 0 Å². The SMILES string of the molecule is CCCCCC=CCC=CCCCCCCCC(=O)NC(CO)C(C)C.CCCCCCCCC=CCCCCCCCC(=O)NC(CO)C(C)C.CCCCCCCCC=CCCCCCCCC(=O)NC(CO)CC(C)C.CCCCCCCCC=CCCCCCCCCOC(=O)NC(CO)C(C)C.CCCCCCCCCCCCCCCC(=O)NC(CO)C(C)C. The summed E-state index contributed by atoms with van der Waals surface area (Å²) in [7, 11) is 0. The lowest BCUT2D eigenvalue weighted by Gasteiger charge is -2.19. The van der Waals surface area contributed by atoms with Crippen LogP contribution in [0.15, 0.2) is 60.8 Å². The fourth-order valence-electron chi connectivity index (χ4n) is 15.4. The number of aliphatic hydroxyl groups excluding tert-OH is 5. The Kier molecular flexibility index (Phi) is 116. The van der Waals surface area contributed by atoms with Gasteiger partial charge in [-0.3, -0.25) is 19.2 Å². The molecule has 0 saturated heterocycles. The molecule has 131 heavy (non-hydrogen) atoms. The molecule has 0 rings (SSSR count). The number of carbonyl (C=O) groups excluding carboxylic acids is 5. The number of ether oxygens (including phenoxy) is 1. The minimum absolute atomic E-state index is 0.0194. The van der Waals surface area contributed by atoms with E-state index in [1.807, 2.05) is 55.4 Å². The monoisotopic (exact) mass is 1850 g/mol. The molecule has 0 fully saturated rings. The minimum atomic E-state index is -0.416. The Hall–Kier alpha value is -4.35. The van der Waals surface area contributed by atoms with Crippen LogP contribution in [-0.4, -0.2) is 125 Å². The van der Waals surface area contributed by atoms with Gasteiger partial charge in [0.05, 0.1) is 69.9 Å². The summed E-state index contributed by atoms with van der Waals surface area (Å²) in [6.45, 7) is 32.1. The molecular formula is C115H225N5O11. The molecule has 776 valence electrons. The van der Waals surface area contributed by atoms with Crippen LogP contribution in [0.3, 0.4) is 0 Å². The molecule has 10 N–H and O–H groups in total. The maximum Gasteiger partial charge on any atom is 0.407 e. The van der Waals surface area contributed by atoms with Gasteiger partial charge in [-0.05, 0) is 177 Å². The van der Waals surface area contributed by atoms with Gasteiger partial charge in [-0.15, -0.1) is 0 Å². The van der Waals surface area contributed by atoms with Crippen LogP contribution in [0.1, 0.15) is 547 Å². The van der Waals surface area contributed by atoms with E-state index in [2.05, 4.69) is 136 Å². The van der Waals surface area contributed by atoms with Crippen molar-refractivity contribution in [3.05, 3.63) is 60.8 Å². The highest BCUT2D eigenvalue weighted by Gasteiger charge is 2.19. The van der Waals surface area contributed by atoms with E-state index in [1.165, 1.54) is 334 Å². The van der Waals surface area contributed by atoms with Gasteiger partial charge in [0, 0.05) is 25.7 Å². The fraction of sp³-hybridized carbons (Fsp3) is 0.870. The minimum Gasteiger partial charge on any atom is -0.450 e. The number of unbranched alkanes of at least 4 members (excludes halogenated alkanes) is 54. The van der Waals surface area contributed by atoms with Gasteiger partial charge in [-0.1, -0.05) is 434 Å². The molecule has 0 spiro atoms. The number of allylic oxidation sites excluding steroid dienone is 10. The number of hydrogen-bond acceptors (Lipinski definition) is 11. The zero-order valence-corrected chi connectivity index (χ0v) is 89.3. The first-order valence-electron chi connectivity index (χ1n) is 56.0. The van der Waals surface area contributed by atoms with Crippen molar-refractivity contribution in [2.45, 2.75) is 577 Å². The number of alkyl carbamates (subject to hydrolysis) is 1. The highest BCUT2D eigenvalue weighted by Crippen LogP contribution is 2.19. The molecule has 0 aliphatic heterocycles. The molecule has 0 aromatic carbocycles. The van der Waals surface area contributed by atoms with E-state index in [1.54, 1.807) is 0 Å². The smallest absolute Gasteiger partial charge is 0.407 e. The van der Waals surface area contributed by atoms with Crippen LogP contribution in [0.2, 0.25) is 0 Å². The van der Waals surface area contributed by atoms with Crippen molar-refractivity contribution in [2.75, 3.05) is 39.6 Å². The quantitative estimate of drug-likeness (QED) is 0.0202. The summed E-state index contributed by atoms with van der Waals surface area (Å²) < 4.78 is 5.17. The van der Waals surface area contributed by atoms with Gasteiger partial charge in [0.1, 0.15) is 0 Å². The van der Waals surface area contributed by atoms with Crippen molar-refractivity contribution in [3.8, 4) is 0 Å². The molecular weight excluding hydrogens is 1630 g/mol. The molecule has 0 heterocycles. The zero-order chi connectivity index (χ0) is 98.0. The van der Waals surface area contributed by atoms with Crippen molar-refractivity contribution in [3.63, 3.8) is 0 Å². The van der Waals surface area contributed by atoms with Gasteiger partial charge < -0.3 is 56.9 Å². The van der Waals surface area contributed by atoms with Gasteiger partial charge in [-0.25, -0.2) is 4.79 Å². The number of aliphatic hydroxyl groups is 5. The molecule has 0 saturated carbocycles. The van der Waals surface area contributed by atoms with E-state index in [9.17, 15) is 49.5 Å². The average molecular weight is 1850 g/mol. The number of amides is 5. The lowest BCUT2D eigenvalue weighted by Crippen LogP contribution is -2.41. The van der Waals surface area contributed by atoms with E-state index < -0.39 is 6.09 Å². The van der Waals surface area contributed by atoms with E-state index in [0.29, 0.717) is 38.2 Å². The van der Waals surface area contributed by atoms with Crippen LogP contribution in [-0.2, 0) is 23.9 Å². The maximum absolute atomic E-state index is 11.9. The summed E-state index contributed by atoms with van der Waals surface area (Å²) in [5.74, 6) is 1.85. The third-order valence-electron chi connectivity index (χ3n) is 24.8. The van der Waals surface area contributed by atoms with Crippen molar-refractivity contribution in [1.29, 1.82) is 0 Å². The van der Waals surface area contributed by atoms with Gasteiger partial charge >= 0.3 is 6.09 Å². The van der Waals surface area contributed by atoms with Gasteiger partial charge in [0.2, 0.25) is 23.6 Å². The largest absolute Gasteiger partial charge is 0.450 e. The molecule has 0 radical (unpaired) electrons. The Bertz CT molecular complexity index is 2480. The number of carbonyl (C=O) groups is 5. The molecule has 5 unspecified atom stereocenters. The molecule has 5 amide bonds. The number of rotatable bonds is 90. The Morgan fingerprint density at radius 3 is 0.641 bits per heavy atom. The van der Waals surface area contributed by atoms with Crippen molar-refractivity contribution in [1.82, 2.24) is 26.6 Å². The topological polar surface area (TPSA) is 256 Å². The van der Waals surface area contributed by atoms with Crippen LogP contribution in [0, 0.1) is 29.6 Å². The van der Waals surface area contributed by atoms with Crippen molar-refractivity contribution < 1.29 is 54.2 Å². The zero-order valence-electron chi connectivity index (χ0n) is 89.3. The lowest BCUT2D eigenvalue weighted by molar-refractivity contribution is -0.123. The molecule has 0 aromatic rings. The molecule has 0 aromatic heterocycles. The highest BCUT2D eigenvalue weighted by atomic mass is 16.5. The number of hydrogen-bond donors (Lipinski definition) is 10. The summed E-state index contributed by atoms with van der Waals surface area (Å²) in [5, 5.41) is 60.6. The predicted octanol–water partition coefficient (Wildman–Crippen LogP) is 31.0. The predicted molar refractivity (Wildman–Crippen MR) is 568 cm³/mol. The van der Waals surface area contributed by atoms with Crippen LogP contribution < -0.4 is 26.6 Å². The Morgan fingerprint density at radius 1 is 0.229 bits per heavy atom. The standard InChI is InChI=1S/C24H47NO3.C24H47NO2.C23H45NO2.C23H43NO2.C21H43NO2/c1-4-5-6-7-8-9-10-11-12-13-14-15-16-17-18-19-20-28-24(27)25-23(21-26)22(2)3;1-4-5-6-7-8-9-10-11-12-13-14-15-16-17-18-19-24(27)25-23(21-26)20-22(2)3;2*1-4-5-6-7-8-9-10-11-12-13-14-15-16-17-18-19-23(26)24-22(20-25)21(2)3;1-4-5-6-7-8-9-10-11-12-13-14-15-16-17-21(24)22-20(18-23)19(2)3/h11-12,22-23,26H,4-10,13-21H2,1-3H3,(H,25,27);11-12,22-23,26H,4-10,13-21H2,1-3H3,(H,25,27);11-12,21-22,25H,4-10,13-20H2,1-3H3,(H,24,26);8-9,11-12,21-22,25H,4-7,10,13-20H2,1-3H3,(H,24,26);19-20,23H,4-18H2,1-3H3,(H,22,24). The van der Waals surface area contributed by atoms with Crippen LogP contribution in [0.25, 0.3) is 0 Å². The van der Waals surface area contributed by atoms with E-state index in [0.717, 1.165) is 83.5 Å². The molecule has 0 bridgehead atoms. The van der Waals surface area contributed by atoms with Crippen LogP contribution in [0.4, 0.5) is 4.79 Å². The Labute approximate surface area is 813 Å². The van der Waals surface area contributed by atoms with Crippen LogP contribution in [0.5, 0.6) is 0 Å². The second-order valence-corrected chi connectivity index (χ2v) is 39.8. The molecule has 16 heteroatoms. The fourth-order valence-corrected chi connectivity index (χ4v) is 15.4. The third kappa shape index (κ3) is 113. The summed E-state index contributed by atoms with van der Waals surface area (Å²) in [6, 6.07) is -0.626. The summed E-state index contributed by atoms with van der Waals surface area (Å²) in [5.41, 5.74) is 0. The first-order chi connectivity index (χ1) is 63.5. The van der Waals surface area contributed by atoms with Gasteiger partial charge in [-0.2, -0.15) is 0 Å². The number of nitrogens with one attached hydrogen (secondary N) is 5. The Balaban J connectivity index is -0.000000505. The molecule has 16 nitrogen and oxygen atoms in total. The van der Waals surface area contributed by atoms with E-state index >= 15 is 0 Å². The first kappa shape index (κ1) is 135. The van der Waals surface area contributed by atoms with E-state index in [-0.39, 0.29) is 111 Å². The average Bonchev–Trinajstić information content (AvgIpc) is 0.985. The summed E-state index contributed by atoms with van der Waals surface area (Å²) in [6.07, 6.45) is 107. The molecule has 0 aliphatic carbocycles. The first-order valence-corrected chi connectivity index (χ1v) is 56.0.